The molecule has 0 aliphatic carbocycles. The van der Waals surface area contributed by atoms with Gasteiger partial charge in [0.15, 0.2) is 11.5 Å². The van der Waals surface area contributed by atoms with Crippen LogP contribution in [0.4, 0.5) is 11.5 Å². The van der Waals surface area contributed by atoms with Gasteiger partial charge in [0, 0.05) is 30.3 Å². The topological polar surface area (TPSA) is 127 Å². The largest absolute Gasteiger partial charge is 0.423 e. The molecule has 0 atom stereocenters. The van der Waals surface area contributed by atoms with Crippen LogP contribution < -0.4 is 10.2 Å². The summed E-state index contributed by atoms with van der Waals surface area (Å²) in [5, 5.41) is 26.3. The highest BCUT2D eigenvalue weighted by molar-refractivity contribution is 5.93. The number of nitrogens with zero attached hydrogens (tertiary/aromatic N) is 8. The highest BCUT2D eigenvalue weighted by atomic mass is 16.4. The molecule has 1 amide bonds. The van der Waals surface area contributed by atoms with Crippen LogP contribution in [0.1, 0.15) is 12.8 Å². The van der Waals surface area contributed by atoms with Gasteiger partial charge in [0.2, 0.25) is 18.2 Å². The first-order valence-corrected chi connectivity index (χ1v) is 9.24. The summed E-state index contributed by atoms with van der Waals surface area (Å²) in [6.07, 6.45) is 2.76. The molecule has 11 heteroatoms. The molecule has 29 heavy (non-hydrogen) atoms. The number of tetrazole rings is 1. The van der Waals surface area contributed by atoms with E-state index in [4.69, 9.17) is 4.42 Å². The van der Waals surface area contributed by atoms with E-state index in [-0.39, 0.29) is 11.8 Å². The molecule has 11 nitrogen and oxygen atoms in total. The van der Waals surface area contributed by atoms with Crippen LogP contribution in [-0.2, 0) is 4.79 Å². The maximum Gasteiger partial charge on any atom is 0.247 e. The number of carbonyl (C=O) groups is 1. The summed E-state index contributed by atoms with van der Waals surface area (Å²) in [7, 11) is 0. The predicted molar refractivity (Wildman–Crippen MR) is 102 cm³/mol. The van der Waals surface area contributed by atoms with Crippen molar-refractivity contribution in [3.8, 4) is 11.5 Å². The summed E-state index contributed by atoms with van der Waals surface area (Å²) in [4.78, 5) is 14.9. The zero-order valence-corrected chi connectivity index (χ0v) is 15.3. The van der Waals surface area contributed by atoms with Crippen LogP contribution in [0.3, 0.4) is 0 Å². The van der Waals surface area contributed by atoms with Gasteiger partial charge in [-0.1, -0.05) is 6.07 Å². The van der Waals surface area contributed by atoms with Crippen LogP contribution in [0.2, 0.25) is 0 Å². The highest BCUT2D eigenvalue weighted by Gasteiger charge is 2.26. The number of amides is 1. The minimum atomic E-state index is -0.0601. The number of carbonyl (C=O) groups excluding carboxylic acids is 1. The Bertz CT molecular complexity index is 1130. The van der Waals surface area contributed by atoms with E-state index in [1.807, 2.05) is 36.4 Å². The Kier molecular flexibility index (Phi) is 4.31. The van der Waals surface area contributed by atoms with Crippen molar-refractivity contribution < 1.29 is 9.21 Å². The lowest BCUT2D eigenvalue weighted by Crippen LogP contribution is -2.38. The molecule has 1 aromatic carbocycles. The molecule has 1 aliphatic heterocycles. The molecule has 1 aliphatic rings. The molecule has 1 fully saturated rings. The molecule has 0 radical (unpaired) electrons. The number of hydrogen-bond acceptors (Lipinski definition) is 9. The lowest BCUT2D eigenvalue weighted by atomic mass is 9.95. The Morgan fingerprint density at radius 3 is 2.86 bits per heavy atom. The zero-order valence-electron chi connectivity index (χ0n) is 15.3. The third-order valence-corrected chi connectivity index (χ3v) is 4.98. The highest BCUT2D eigenvalue weighted by Crippen LogP contribution is 2.25. The second kappa shape index (κ2) is 7.26. The van der Waals surface area contributed by atoms with Crippen molar-refractivity contribution in [1.29, 1.82) is 0 Å². The van der Waals surface area contributed by atoms with Gasteiger partial charge in [0.1, 0.15) is 0 Å². The van der Waals surface area contributed by atoms with Gasteiger partial charge < -0.3 is 14.6 Å². The third-order valence-electron chi connectivity index (χ3n) is 4.98. The molecule has 0 unspecified atom stereocenters. The molecule has 4 aromatic rings. The number of benzene rings is 1. The molecular weight excluding hydrogens is 374 g/mol. The van der Waals surface area contributed by atoms with E-state index in [1.165, 1.54) is 11.0 Å². The number of nitrogens with one attached hydrogen (secondary N) is 1. The van der Waals surface area contributed by atoms with Crippen molar-refractivity contribution in [2.75, 3.05) is 23.3 Å². The van der Waals surface area contributed by atoms with Crippen LogP contribution in [0.5, 0.6) is 0 Å². The summed E-state index contributed by atoms with van der Waals surface area (Å²) in [5.41, 5.74) is 2.07. The summed E-state index contributed by atoms with van der Waals surface area (Å²) in [5.74, 6) is 1.17. The van der Waals surface area contributed by atoms with Crippen LogP contribution in [0, 0.1) is 5.92 Å². The van der Waals surface area contributed by atoms with Gasteiger partial charge in [-0.15, -0.1) is 25.0 Å². The first-order chi connectivity index (χ1) is 14.3. The van der Waals surface area contributed by atoms with E-state index in [0.717, 1.165) is 37.3 Å². The summed E-state index contributed by atoms with van der Waals surface area (Å²) >= 11 is 0. The summed E-state index contributed by atoms with van der Waals surface area (Å²) in [6.45, 7) is 1.47. The van der Waals surface area contributed by atoms with E-state index in [1.54, 1.807) is 0 Å². The van der Waals surface area contributed by atoms with Crippen molar-refractivity contribution in [2.45, 2.75) is 12.8 Å². The van der Waals surface area contributed by atoms with Crippen LogP contribution in [0.25, 0.3) is 17.1 Å². The Morgan fingerprint density at radius 2 is 2.03 bits per heavy atom. The van der Waals surface area contributed by atoms with Crippen molar-refractivity contribution in [3.63, 3.8) is 0 Å². The summed E-state index contributed by atoms with van der Waals surface area (Å²) < 4.78 is 6.62. The Balaban J connectivity index is 1.22. The van der Waals surface area contributed by atoms with Gasteiger partial charge in [-0.05, 0) is 53.6 Å². The van der Waals surface area contributed by atoms with E-state index in [2.05, 4.69) is 41.0 Å². The van der Waals surface area contributed by atoms with Crippen LogP contribution in [0.15, 0.2) is 47.2 Å². The molecule has 0 bridgehead atoms. The van der Waals surface area contributed by atoms with Gasteiger partial charge in [0.05, 0.1) is 0 Å². The van der Waals surface area contributed by atoms with Gasteiger partial charge in [-0.25, -0.2) is 0 Å². The number of rotatable bonds is 4. The Morgan fingerprint density at radius 1 is 1.14 bits per heavy atom. The lowest BCUT2D eigenvalue weighted by molar-refractivity contribution is -0.120. The zero-order chi connectivity index (χ0) is 19.6. The molecular formula is C18H17N9O2. The van der Waals surface area contributed by atoms with Crippen molar-refractivity contribution in [2.24, 2.45) is 5.92 Å². The standard InChI is InChI=1S/C18H17N9O2/c28-17(20-14-3-1-2-13(10-14)18-22-19-11-29-18)12-6-8-26(9-7-12)16-5-4-15-21-24-25-27(15)23-16/h1-5,10-12H,6-9H2,(H,20,28). The number of anilines is 2. The first kappa shape index (κ1) is 17.2. The van der Waals surface area contributed by atoms with Crippen molar-refractivity contribution >= 4 is 23.1 Å². The SMILES string of the molecule is O=C(Nc1cccc(-c2nnco2)c1)C1CCN(c2ccc3nnnn3n2)CC1. The molecule has 1 N–H and O–H groups in total. The average Bonchev–Trinajstić information content (AvgIpc) is 3.45. The quantitative estimate of drug-likeness (QED) is 0.549. The molecule has 5 rings (SSSR count). The minimum absolute atomic E-state index is 0.0104. The lowest BCUT2D eigenvalue weighted by Gasteiger charge is -2.31. The fourth-order valence-electron chi connectivity index (χ4n) is 3.45. The van der Waals surface area contributed by atoms with Crippen LogP contribution >= 0.6 is 0 Å². The van der Waals surface area contributed by atoms with E-state index in [0.29, 0.717) is 17.2 Å². The molecule has 0 saturated carbocycles. The van der Waals surface area contributed by atoms with Gasteiger partial charge in [-0.2, -0.15) is 0 Å². The number of fused-ring (bicyclic) bond motifs is 1. The predicted octanol–water partition coefficient (Wildman–Crippen LogP) is 1.42. The van der Waals surface area contributed by atoms with Crippen molar-refractivity contribution in [1.82, 2.24) is 35.5 Å². The normalized spacial score (nSPS) is 15.0. The monoisotopic (exact) mass is 391 g/mol. The smallest absolute Gasteiger partial charge is 0.247 e. The maximum absolute atomic E-state index is 12.7. The number of piperidine rings is 1. The minimum Gasteiger partial charge on any atom is -0.423 e. The van der Waals surface area contributed by atoms with Crippen molar-refractivity contribution in [3.05, 3.63) is 42.8 Å². The van der Waals surface area contributed by atoms with Gasteiger partial charge >= 0.3 is 0 Å². The number of aromatic nitrogens is 7. The molecule has 0 spiro atoms. The maximum atomic E-state index is 12.7. The van der Waals surface area contributed by atoms with Gasteiger partial charge in [0.25, 0.3) is 0 Å². The third kappa shape index (κ3) is 3.49. The Labute approximate surface area is 164 Å². The first-order valence-electron chi connectivity index (χ1n) is 9.24. The number of hydrogen-bond donors (Lipinski definition) is 1. The average molecular weight is 391 g/mol. The Hall–Kier alpha value is -3.89. The van der Waals surface area contributed by atoms with E-state index >= 15 is 0 Å². The van der Waals surface area contributed by atoms with Gasteiger partial charge in [-0.3, -0.25) is 4.79 Å². The summed E-state index contributed by atoms with van der Waals surface area (Å²) in [6, 6.07) is 11.1. The fraction of sp³-hybridized carbons (Fsp3) is 0.278. The molecule has 4 heterocycles. The second-order valence-electron chi connectivity index (χ2n) is 6.79. The second-order valence-corrected chi connectivity index (χ2v) is 6.79. The molecule has 3 aromatic heterocycles. The fourth-order valence-corrected chi connectivity index (χ4v) is 3.45. The molecule has 146 valence electrons. The van der Waals surface area contributed by atoms with E-state index in [9.17, 15) is 4.79 Å². The van der Waals surface area contributed by atoms with E-state index < -0.39 is 0 Å². The molecule has 1 saturated heterocycles. The van der Waals surface area contributed by atoms with Crippen LogP contribution in [-0.4, -0.2) is 54.4 Å².